The Morgan fingerprint density at radius 2 is 2.27 bits per heavy atom. The lowest BCUT2D eigenvalue weighted by Gasteiger charge is -1.97. The van der Waals surface area contributed by atoms with E-state index in [0.29, 0.717) is 12.0 Å². The maximum Gasteiger partial charge on any atom is 0.0522 e. The van der Waals surface area contributed by atoms with Crippen LogP contribution >= 0.6 is 0 Å². The van der Waals surface area contributed by atoms with Crippen molar-refractivity contribution in [2.24, 2.45) is 11.1 Å². The van der Waals surface area contributed by atoms with Gasteiger partial charge in [0.1, 0.15) is 0 Å². The normalized spacial score (nSPS) is 33.7. The van der Waals surface area contributed by atoms with Crippen LogP contribution in [0.1, 0.15) is 25.3 Å². The summed E-state index contributed by atoms with van der Waals surface area (Å²) in [6, 6.07) is 0.306. The Kier molecular flexibility index (Phi) is 1.16. The van der Waals surface area contributed by atoms with Crippen molar-refractivity contribution in [3.63, 3.8) is 0 Å². The van der Waals surface area contributed by atoms with Crippen LogP contribution < -0.4 is 5.73 Å². The Labute approximate surface area is 66.0 Å². The van der Waals surface area contributed by atoms with Crippen LogP contribution in [0.3, 0.4) is 0 Å². The molecule has 1 saturated carbocycles. The van der Waals surface area contributed by atoms with Crippen LogP contribution in [0.25, 0.3) is 0 Å². The number of hydrogen-bond donors (Lipinski definition) is 2. The second-order valence-electron chi connectivity index (χ2n) is 3.86. The van der Waals surface area contributed by atoms with E-state index < -0.39 is 0 Å². The second kappa shape index (κ2) is 1.85. The Balaban J connectivity index is 2.23. The van der Waals surface area contributed by atoms with Gasteiger partial charge >= 0.3 is 0 Å². The van der Waals surface area contributed by atoms with Crippen LogP contribution in [-0.4, -0.2) is 16.2 Å². The molecule has 0 aliphatic heterocycles. The van der Waals surface area contributed by atoms with E-state index in [0.717, 1.165) is 0 Å². The minimum absolute atomic E-state index is 0.268. The van der Waals surface area contributed by atoms with Crippen LogP contribution in [0, 0.1) is 5.41 Å². The summed E-state index contributed by atoms with van der Waals surface area (Å²) in [6.07, 6.45) is 3.79. The van der Waals surface area contributed by atoms with Crippen molar-refractivity contribution in [2.45, 2.75) is 25.8 Å². The van der Waals surface area contributed by atoms with Crippen LogP contribution in [0.2, 0.25) is 0 Å². The first-order valence-electron chi connectivity index (χ1n) is 3.88. The fourth-order valence-corrected chi connectivity index (χ4v) is 1.75. The lowest BCUT2D eigenvalue weighted by molar-refractivity contribution is 0.599. The van der Waals surface area contributed by atoms with E-state index in [-0.39, 0.29) is 5.41 Å². The third-order valence-electron chi connectivity index (χ3n) is 2.79. The highest BCUT2D eigenvalue weighted by molar-refractivity contribution is 5.30. The molecule has 0 aromatic carbocycles. The fourth-order valence-electron chi connectivity index (χ4n) is 1.75. The molecule has 2 rings (SSSR count). The van der Waals surface area contributed by atoms with Gasteiger partial charge in [-0.25, -0.2) is 0 Å². The zero-order chi connectivity index (χ0) is 8.06. The lowest BCUT2D eigenvalue weighted by Crippen LogP contribution is -2.06. The molecule has 0 spiro atoms. The molecule has 0 saturated heterocycles. The summed E-state index contributed by atoms with van der Waals surface area (Å²) in [4.78, 5) is 0. The van der Waals surface area contributed by atoms with Crippen LogP contribution in [0.5, 0.6) is 0 Å². The minimum atomic E-state index is 0.268. The van der Waals surface area contributed by atoms with E-state index in [9.17, 15) is 0 Å². The van der Waals surface area contributed by atoms with Gasteiger partial charge in [-0.1, -0.05) is 13.8 Å². The molecule has 11 heavy (non-hydrogen) atoms. The quantitative estimate of drug-likeness (QED) is 0.625. The molecule has 3 heteroatoms. The average molecular weight is 151 g/mol. The molecule has 3 N–H and O–H groups in total. The third kappa shape index (κ3) is 0.807. The average Bonchev–Trinajstić information content (AvgIpc) is 2.40. The topological polar surface area (TPSA) is 54.7 Å². The number of aromatic nitrogens is 2. The molecule has 1 fully saturated rings. The van der Waals surface area contributed by atoms with Gasteiger partial charge in [0.05, 0.1) is 6.20 Å². The molecular weight excluding hydrogens is 138 g/mol. The van der Waals surface area contributed by atoms with Crippen molar-refractivity contribution in [2.75, 3.05) is 0 Å². The van der Waals surface area contributed by atoms with E-state index in [4.69, 9.17) is 5.73 Å². The van der Waals surface area contributed by atoms with Gasteiger partial charge in [0, 0.05) is 18.2 Å². The molecule has 1 aliphatic carbocycles. The van der Waals surface area contributed by atoms with E-state index in [1.54, 1.807) is 0 Å². The maximum absolute atomic E-state index is 5.89. The van der Waals surface area contributed by atoms with Gasteiger partial charge < -0.3 is 5.73 Å². The predicted molar refractivity (Wildman–Crippen MR) is 43.1 cm³/mol. The van der Waals surface area contributed by atoms with E-state index in [1.165, 1.54) is 5.56 Å². The summed E-state index contributed by atoms with van der Waals surface area (Å²) in [5, 5.41) is 6.71. The van der Waals surface area contributed by atoms with Gasteiger partial charge in [-0.2, -0.15) is 5.10 Å². The number of hydrogen-bond acceptors (Lipinski definition) is 2. The molecule has 0 radical (unpaired) electrons. The first-order valence-corrected chi connectivity index (χ1v) is 3.88. The number of rotatable bonds is 1. The summed E-state index contributed by atoms with van der Waals surface area (Å²) >= 11 is 0. The lowest BCUT2D eigenvalue weighted by atomic mass is 10.1. The van der Waals surface area contributed by atoms with Crippen LogP contribution in [-0.2, 0) is 0 Å². The van der Waals surface area contributed by atoms with E-state index >= 15 is 0 Å². The Bertz CT molecular complexity index is 250. The smallest absolute Gasteiger partial charge is 0.0522 e. The predicted octanol–water partition coefficient (Wildman–Crippen LogP) is 0.860. The zero-order valence-corrected chi connectivity index (χ0v) is 6.83. The highest BCUT2D eigenvalue weighted by atomic mass is 15.1. The largest absolute Gasteiger partial charge is 0.327 e. The van der Waals surface area contributed by atoms with E-state index in [1.807, 2.05) is 12.4 Å². The number of nitrogens with zero attached hydrogens (tertiary/aromatic N) is 1. The molecule has 60 valence electrons. The zero-order valence-electron chi connectivity index (χ0n) is 6.83. The Morgan fingerprint density at radius 1 is 1.64 bits per heavy atom. The van der Waals surface area contributed by atoms with Gasteiger partial charge in [-0.05, 0) is 11.0 Å². The minimum Gasteiger partial charge on any atom is -0.327 e. The third-order valence-corrected chi connectivity index (χ3v) is 2.79. The SMILES string of the molecule is CC1(C)C(N)C1c1cn[nH]c1. The maximum atomic E-state index is 5.89. The molecule has 1 aromatic rings. The van der Waals surface area contributed by atoms with Gasteiger partial charge in [-0.15, -0.1) is 0 Å². The van der Waals surface area contributed by atoms with Gasteiger partial charge in [0.15, 0.2) is 0 Å². The Morgan fingerprint density at radius 3 is 2.64 bits per heavy atom. The molecule has 0 amide bonds. The van der Waals surface area contributed by atoms with Crippen molar-refractivity contribution in [3.05, 3.63) is 18.0 Å². The highest BCUT2D eigenvalue weighted by Gasteiger charge is 2.56. The first-order chi connectivity index (χ1) is 5.14. The van der Waals surface area contributed by atoms with Crippen LogP contribution in [0.15, 0.2) is 12.4 Å². The summed E-state index contributed by atoms with van der Waals surface area (Å²) in [6.45, 7) is 4.38. The summed E-state index contributed by atoms with van der Waals surface area (Å²) < 4.78 is 0. The highest BCUT2D eigenvalue weighted by Crippen LogP contribution is 2.56. The van der Waals surface area contributed by atoms with Gasteiger partial charge in [0.2, 0.25) is 0 Å². The first kappa shape index (κ1) is 6.85. The van der Waals surface area contributed by atoms with Crippen molar-refractivity contribution >= 4 is 0 Å². The van der Waals surface area contributed by atoms with Crippen molar-refractivity contribution in [3.8, 4) is 0 Å². The standard InChI is InChI=1S/C8H13N3/c1-8(2)6(7(8)9)5-3-10-11-4-5/h3-4,6-7H,9H2,1-2H3,(H,10,11). The Hall–Kier alpha value is -0.830. The van der Waals surface area contributed by atoms with Gasteiger partial charge in [-0.3, -0.25) is 5.10 Å². The van der Waals surface area contributed by atoms with Crippen molar-refractivity contribution in [1.29, 1.82) is 0 Å². The molecule has 3 nitrogen and oxygen atoms in total. The molecular formula is C8H13N3. The molecule has 2 atom stereocenters. The molecule has 1 aliphatic rings. The molecule has 1 aromatic heterocycles. The van der Waals surface area contributed by atoms with E-state index in [2.05, 4.69) is 24.0 Å². The van der Waals surface area contributed by atoms with Crippen molar-refractivity contribution in [1.82, 2.24) is 10.2 Å². The summed E-state index contributed by atoms with van der Waals surface area (Å²) in [5.74, 6) is 0.501. The van der Waals surface area contributed by atoms with Gasteiger partial charge in [0.25, 0.3) is 0 Å². The number of H-pyrrole nitrogens is 1. The van der Waals surface area contributed by atoms with Crippen LogP contribution in [0.4, 0.5) is 0 Å². The summed E-state index contributed by atoms with van der Waals surface area (Å²) in [7, 11) is 0. The molecule has 0 bridgehead atoms. The monoisotopic (exact) mass is 151 g/mol. The molecule has 2 unspecified atom stereocenters. The summed E-state index contributed by atoms with van der Waals surface area (Å²) in [5.41, 5.74) is 7.40. The second-order valence-corrected chi connectivity index (χ2v) is 3.86. The van der Waals surface area contributed by atoms with Crippen molar-refractivity contribution < 1.29 is 0 Å². The number of nitrogens with two attached hydrogens (primary N) is 1. The number of nitrogens with one attached hydrogen (secondary N) is 1. The molecule has 1 heterocycles. The fraction of sp³-hybridized carbons (Fsp3) is 0.625. The number of aromatic amines is 1.